The molecular weight excluding hydrogens is 456 g/mol. The van der Waals surface area contributed by atoms with E-state index < -0.39 is 11.9 Å². The summed E-state index contributed by atoms with van der Waals surface area (Å²) < 4.78 is 0.877. The Morgan fingerprint density at radius 1 is 1.10 bits per heavy atom. The van der Waals surface area contributed by atoms with Gasteiger partial charge in [0.05, 0.1) is 8.66 Å². The Bertz CT molecular complexity index is 891. The quantitative estimate of drug-likeness (QED) is 0.663. The molecule has 9 heteroatoms. The monoisotopic (exact) mass is 478 g/mol. The SMILES string of the molecule is CC(NC(=O)c1ccc(Br)s1)C(=O)N1CCN(Cc2ccc(C(N)=O)cc2)CC1. The summed E-state index contributed by atoms with van der Waals surface area (Å²) >= 11 is 4.67. The van der Waals surface area contributed by atoms with Crippen molar-refractivity contribution in [2.75, 3.05) is 26.2 Å². The largest absolute Gasteiger partial charge is 0.366 e. The Kier molecular flexibility index (Phi) is 7.05. The lowest BCUT2D eigenvalue weighted by molar-refractivity contribution is -0.134. The van der Waals surface area contributed by atoms with Crippen LogP contribution in [0, 0.1) is 0 Å². The van der Waals surface area contributed by atoms with Gasteiger partial charge >= 0.3 is 0 Å². The van der Waals surface area contributed by atoms with E-state index in [9.17, 15) is 14.4 Å². The third-order valence-corrected chi connectivity index (χ3v) is 6.47. The molecule has 29 heavy (non-hydrogen) atoms. The fourth-order valence-electron chi connectivity index (χ4n) is 3.20. The molecule has 154 valence electrons. The summed E-state index contributed by atoms with van der Waals surface area (Å²) in [5.41, 5.74) is 6.86. The van der Waals surface area contributed by atoms with Crippen molar-refractivity contribution >= 4 is 45.0 Å². The number of primary amides is 1. The van der Waals surface area contributed by atoms with Crippen LogP contribution in [0.5, 0.6) is 0 Å². The Morgan fingerprint density at radius 2 is 1.76 bits per heavy atom. The maximum absolute atomic E-state index is 12.7. The van der Waals surface area contributed by atoms with Gasteiger partial charge in [0, 0.05) is 38.3 Å². The lowest BCUT2D eigenvalue weighted by atomic mass is 10.1. The van der Waals surface area contributed by atoms with Crippen LogP contribution in [0.1, 0.15) is 32.5 Å². The highest BCUT2D eigenvalue weighted by molar-refractivity contribution is 9.11. The van der Waals surface area contributed by atoms with Crippen LogP contribution in [0.25, 0.3) is 0 Å². The first kappa shape index (κ1) is 21.5. The summed E-state index contributed by atoms with van der Waals surface area (Å²) in [6.07, 6.45) is 0. The maximum atomic E-state index is 12.7. The van der Waals surface area contributed by atoms with E-state index in [4.69, 9.17) is 5.73 Å². The number of hydrogen-bond acceptors (Lipinski definition) is 5. The lowest BCUT2D eigenvalue weighted by Crippen LogP contribution is -2.53. The van der Waals surface area contributed by atoms with E-state index in [1.165, 1.54) is 11.3 Å². The number of nitrogens with one attached hydrogen (secondary N) is 1. The predicted molar refractivity (Wildman–Crippen MR) is 116 cm³/mol. The first-order valence-corrected chi connectivity index (χ1v) is 10.9. The molecule has 7 nitrogen and oxygen atoms in total. The molecule has 0 spiro atoms. The minimum Gasteiger partial charge on any atom is -0.366 e. The van der Waals surface area contributed by atoms with Gasteiger partial charge in [0.25, 0.3) is 5.91 Å². The van der Waals surface area contributed by atoms with Gasteiger partial charge in [-0.1, -0.05) is 12.1 Å². The lowest BCUT2D eigenvalue weighted by Gasteiger charge is -2.36. The zero-order chi connectivity index (χ0) is 21.0. The molecule has 2 aromatic rings. The van der Waals surface area contributed by atoms with E-state index in [2.05, 4.69) is 26.1 Å². The Labute approximate surface area is 182 Å². The van der Waals surface area contributed by atoms with Gasteiger partial charge in [0.15, 0.2) is 0 Å². The number of nitrogens with zero attached hydrogens (tertiary/aromatic N) is 2. The number of halogens is 1. The highest BCUT2D eigenvalue weighted by atomic mass is 79.9. The molecule has 1 fully saturated rings. The first-order valence-electron chi connectivity index (χ1n) is 9.29. The number of carbonyl (C=O) groups is 3. The zero-order valence-electron chi connectivity index (χ0n) is 16.1. The zero-order valence-corrected chi connectivity index (χ0v) is 18.5. The van der Waals surface area contributed by atoms with Crippen LogP contribution in [0.15, 0.2) is 40.2 Å². The molecule has 2 heterocycles. The van der Waals surface area contributed by atoms with Crippen molar-refractivity contribution in [3.63, 3.8) is 0 Å². The van der Waals surface area contributed by atoms with Crippen LogP contribution in [0.3, 0.4) is 0 Å². The summed E-state index contributed by atoms with van der Waals surface area (Å²) in [6.45, 7) is 5.20. The fraction of sp³-hybridized carbons (Fsp3) is 0.350. The molecule has 1 unspecified atom stereocenters. The number of rotatable bonds is 6. The molecule has 0 aliphatic carbocycles. The Morgan fingerprint density at radius 3 is 2.31 bits per heavy atom. The smallest absolute Gasteiger partial charge is 0.262 e. The molecule has 0 bridgehead atoms. The Balaban J connectivity index is 1.47. The van der Waals surface area contributed by atoms with Gasteiger partial charge in [0.2, 0.25) is 11.8 Å². The molecule has 1 aromatic heterocycles. The molecule has 1 saturated heterocycles. The average Bonchev–Trinajstić information content (AvgIpc) is 3.15. The van der Waals surface area contributed by atoms with Crippen molar-refractivity contribution in [3.8, 4) is 0 Å². The van der Waals surface area contributed by atoms with Gasteiger partial charge < -0.3 is 16.0 Å². The number of carbonyl (C=O) groups excluding carboxylic acids is 3. The second kappa shape index (κ2) is 9.51. The standard InChI is InChI=1S/C20H23BrN4O3S/c1-13(23-19(27)16-6-7-17(21)29-16)20(28)25-10-8-24(9-11-25)12-14-2-4-15(5-3-14)18(22)26/h2-7,13H,8-12H2,1H3,(H2,22,26)(H,23,27). The van der Waals surface area contributed by atoms with Gasteiger partial charge in [0.1, 0.15) is 6.04 Å². The number of thiophene rings is 1. The third-order valence-electron chi connectivity index (χ3n) is 4.84. The van der Waals surface area contributed by atoms with Crippen molar-refractivity contribution in [2.45, 2.75) is 19.5 Å². The highest BCUT2D eigenvalue weighted by Gasteiger charge is 2.26. The molecule has 1 aliphatic heterocycles. The minimum atomic E-state index is -0.573. The highest BCUT2D eigenvalue weighted by Crippen LogP contribution is 2.22. The molecule has 0 saturated carbocycles. The molecule has 3 rings (SSSR count). The van der Waals surface area contributed by atoms with Crippen LogP contribution >= 0.6 is 27.3 Å². The average molecular weight is 479 g/mol. The van der Waals surface area contributed by atoms with E-state index in [0.29, 0.717) is 23.5 Å². The fourth-order valence-corrected chi connectivity index (χ4v) is 4.49. The van der Waals surface area contributed by atoms with Crippen LogP contribution < -0.4 is 11.1 Å². The van der Waals surface area contributed by atoms with E-state index in [1.807, 2.05) is 18.2 Å². The van der Waals surface area contributed by atoms with Crippen molar-refractivity contribution in [1.29, 1.82) is 0 Å². The van der Waals surface area contributed by atoms with Crippen LogP contribution in [-0.2, 0) is 11.3 Å². The van der Waals surface area contributed by atoms with E-state index in [-0.39, 0.29) is 11.8 Å². The number of amides is 3. The molecule has 1 atom stereocenters. The second-order valence-corrected chi connectivity index (χ2v) is 9.42. The summed E-state index contributed by atoms with van der Waals surface area (Å²) in [4.78, 5) is 40.7. The third kappa shape index (κ3) is 5.65. The van der Waals surface area contributed by atoms with Gasteiger partial charge in [-0.3, -0.25) is 19.3 Å². The van der Waals surface area contributed by atoms with E-state index in [1.54, 1.807) is 30.0 Å². The maximum Gasteiger partial charge on any atom is 0.262 e. The summed E-state index contributed by atoms with van der Waals surface area (Å²) in [5.74, 6) is -0.740. The topological polar surface area (TPSA) is 95.7 Å². The molecular formula is C20H23BrN4O3S. The van der Waals surface area contributed by atoms with Gasteiger partial charge in [-0.15, -0.1) is 11.3 Å². The Hall–Kier alpha value is -2.23. The molecule has 0 radical (unpaired) electrons. The van der Waals surface area contributed by atoms with E-state index >= 15 is 0 Å². The molecule has 3 N–H and O–H groups in total. The van der Waals surface area contributed by atoms with Crippen LogP contribution in [0.2, 0.25) is 0 Å². The van der Waals surface area contributed by atoms with Crippen molar-refractivity contribution < 1.29 is 14.4 Å². The second-order valence-electron chi connectivity index (χ2n) is 6.96. The van der Waals surface area contributed by atoms with Gasteiger partial charge in [-0.05, 0) is 52.7 Å². The van der Waals surface area contributed by atoms with E-state index in [0.717, 1.165) is 29.0 Å². The van der Waals surface area contributed by atoms with Crippen molar-refractivity contribution in [3.05, 3.63) is 56.2 Å². The van der Waals surface area contributed by atoms with Crippen LogP contribution in [-0.4, -0.2) is 59.7 Å². The summed E-state index contributed by atoms with van der Waals surface area (Å²) in [5, 5.41) is 2.78. The van der Waals surface area contributed by atoms with Crippen molar-refractivity contribution in [2.24, 2.45) is 5.73 Å². The molecule has 1 aromatic carbocycles. The number of benzene rings is 1. The predicted octanol–water partition coefficient (Wildman–Crippen LogP) is 2.07. The number of piperazine rings is 1. The molecule has 1 aliphatic rings. The van der Waals surface area contributed by atoms with Crippen LogP contribution in [0.4, 0.5) is 0 Å². The van der Waals surface area contributed by atoms with Gasteiger partial charge in [-0.2, -0.15) is 0 Å². The summed E-state index contributed by atoms with van der Waals surface area (Å²) in [7, 11) is 0. The van der Waals surface area contributed by atoms with Gasteiger partial charge in [-0.25, -0.2) is 0 Å². The number of hydrogen-bond donors (Lipinski definition) is 2. The summed E-state index contributed by atoms with van der Waals surface area (Å²) in [6, 6.07) is 10.2. The number of nitrogens with two attached hydrogens (primary N) is 1. The minimum absolute atomic E-state index is 0.0700. The first-order chi connectivity index (χ1) is 13.8. The molecule has 3 amide bonds. The van der Waals surface area contributed by atoms with Crippen molar-refractivity contribution in [1.82, 2.24) is 15.1 Å². The normalized spacial score (nSPS) is 15.7.